The van der Waals surface area contributed by atoms with Gasteiger partial charge in [-0.25, -0.2) is 0 Å². The van der Waals surface area contributed by atoms with Crippen molar-refractivity contribution in [3.8, 4) is 0 Å². The van der Waals surface area contributed by atoms with Crippen LogP contribution in [0.15, 0.2) is 27.7 Å². The third-order valence-corrected chi connectivity index (χ3v) is 5.34. The van der Waals surface area contributed by atoms with Gasteiger partial charge in [0.25, 0.3) is 0 Å². The number of hydrogen-bond donors (Lipinski definition) is 3. The van der Waals surface area contributed by atoms with Gasteiger partial charge in [-0.1, -0.05) is 28.9 Å². The van der Waals surface area contributed by atoms with Gasteiger partial charge in [0.05, 0.1) is 6.54 Å². The molecule has 0 radical (unpaired) electrons. The van der Waals surface area contributed by atoms with Crippen molar-refractivity contribution in [3.63, 3.8) is 0 Å². The van der Waals surface area contributed by atoms with Crippen molar-refractivity contribution < 1.29 is 4.79 Å². The summed E-state index contributed by atoms with van der Waals surface area (Å²) in [5, 5.41) is 9.87. The number of nitrogens with one attached hydrogen (secondary N) is 3. The van der Waals surface area contributed by atoms with E-state index >= 15 is 0 Å². The van der Waals surface area contributed by atoms with E-state index in [0.29, 0.717) is 12.6 Å². The summed E-state index contributed by atoms with van der Waals surface area (Å²) >= 11 is 3.50. The molecular weight excluding hydrogens is 533 g/mol. The maximum atomic E-state index is 11.8. The third-order valence-electron chi connectivity index (χ3n) is 4.84. The smallest absolute Gasteiger partial charge is 0.234 e. The van der Waals surface area contributed by atoms with E-state index in [-0.39, 0.29) is 29.9 Å². The van der Waals surface area contributed by atoms with Gasteiger partial charge in [-0.15, -0.1) is 24.0 Å². The van der Waals surface area contributed by atoms with Crippen LogP contribution in [0.2, 0.25) is 0 Å². The second kappa shape index (κ2) is 13.4. The van der Waals surface area contributed by atoms with E-state index in [1.165, 1.54) is 11.1 Å². The fourth-order valence-electron chi connectivity index (χ4n) is 3.18. The molecule has 8 heteroatoms. The zero-order valence-electron chi connectivity index (χ0n) is 17.1. The Balaban J connectivity index is 0.00000392. The van der Waals surface area contributed by atoms with Crippen molar-refractivity contribution in [3.05, 3.63) is 33.8 Å². The Bertz CT molecular complexity index is 647. The number of likely N-dealkylation sites (tertiary alicyclic amines) is 1. The summed E-state index contributed by atoms with van der Waals surface area (Å²) < 4.78 is 1.10. The first-order valence-corrected chi connectivity index (χ1v) is 10.5. The number of benzene rings is 1. The molecular formula is C20H33BrIN5O. The fraction of sp³-hybridized carbons (Fsp3) is 0.600. The van der Waals surface area contributed by atoms with Crippen molar-refractivity contribution >= 4 is 51.8 Å². The van der Waals surface area contributed by atoms with E-state index in [1.54, 1.807) is 7.05 Å². The molecule has 158 valence electrons. The van der Waals surface area contributed by atoms with Crippen LogP contribution < -0.4 is 16.0 Å². The largest absolute Gasteiger partial charge is 0.355 e. The number of hydrogen-bond acceptors (Lipinski definition) is 3. The predicted octanol–water partition coefficient (Wildman–Crippen LogP) is 3.03. The minimum atomic E-state index is 0. The molecule has 28 heavy (non-hydrogen) atoms. The fourth-order valence-corrected chi connectivity index (χ4v) is 3.66. The molecule has 0 saturated carbocycles. The van der Waals surface area contributed by atoms with E-state index in [1.807, 2.05) is 0 Å². The standard InChI is InChI=1S/C20H32BrN5O.HI/c1-4-9-23-19(27)14-26-10-7-18(8-11-26)25-20(22-3)24-13-16-5-6-17(21)12-15(16)2;/h5-6,12,18H,4,7-11,13-14H2,1-3H3,(H,23,27)(H2,22,24,25);1H. The summed E-state index contributed by atoms with van der Waals surface area (Å²) in [4.78, 5) is 18.4. The van der Waals surface area contributed by atoms with E-state index in [9.17, 15) is 4.79 Å². The summed E-state index contributed by atoms with van der Waals surface area (Å²) in [6.45, 7) is 8.05. The minimum Gasteiger partial charge on any atom is -0.355 e. The Kier molecular flexibility index (Phi) is 12.0. The summed E-state index contributed by atoms with van der Waals surface area (Å²) in [7, 11) is 1.80. The lowest BCUT2D eigenvalue weighted by molar-refractivity contribution is -0.122. The zero-order valence-corrected chi connectivity index (χ0v) is 21.0. The molecule has 6 nitrogen and oxygen atoms in total. The molecule has 0 atom stereocenters. The Hall–Kier alpha value is -0.870. The number of halogens is 2. The van der Waals surface area contributed by atoms with Crippen LogP contribution in [0.3, 0.4) is 0 Å². The first-order valence-electron chi connectivity index (χ1n) is 9.73. The maximum Gasteiger partial charge on any atom is 0.234 e. The average molecular weight is 566 g/mol. The number of carbonyl (C=O) groups excluding carboxylic acids is 1. The number of aliphatic imine (C=N–C) groups is 1. The molecule has 0 aliphatic carbocycles. The quantitative estimate of drug-likeness (QED) is 0.270. The topological polar surface area (TPSA) is 68.8 Å². The molecule has 0 bridgehead atoms. The van der Waals surface area contributed by atoms with Gasteiger partial charge in [0.1, 0.15) is 0 Å². The Morgan fingerprint density at radius 2 is 2.00 bits per heavy atom. The molecule has 1 aliphatic rings. The minimum absolute atomic E-state index is 0. The lowest BCUT2D eigenvalue weighted by atomic mass is 10.1. The maximum absolute atomic E-state index is 11.8. The predicted molar refractivity (Wildman–Crippen MR) is 130 cm³/mol. The number of rotatable bonds is 7. The second-order valence-electron chi connectivity index (χ2n) is 7.04. The number of aryl methyl sites for hydroxylation is 1. The molecule has 1 aromatic carbocycles. The molecule has 2 rings (SSSR count). The van der Waals surface area contributed by atoms with Gasteiger partial charge >= 0.3 is 0 Å². The monoisotopic (exact) mass is 565 g/mol. The second-order valence-corrected chi connectivity index (χ2v) is 7.96. The lowest BCUT2D eigenvalue weighted by Crippen LogP contribution is -2.50. The zero-order chi connectivity index (χ0) is 19.6. The van der Waals surface area contributed by atoms with Crippen molar-refractivity contribution in [2.24, 2.45) is 4.99 Å². The first-order chi connectivity index (χ1) is 13.0. The van der Waals surface area contributed by atoms with Crippen LogP contribution >= 0.6 is 39.9 Å². The highest BCUT2D eigenvalue weighted by atomic mass is 127. The van der Waals surface area contributed by atoms with Crippen LogP contribution in [0.25, 0.3) is 0 Å². The molecule has 1 aliphatic heterocycles. The van der Waals surface area contributed by atoms with Crippen LogP contribution in [0.4, 0.5) is 0 Å². The highest BCUT2D eigenvalue weighted by Crippen LogP contribution is 2.15. The first kappa shape index (κ1) is 25.2. The third kappa shape index (κ3) is 8.65. The van der Waals surface area contributed by atoms with E-state index in [4.69, 9.17) is 0 Å². The summed E-state index contributed by atoms with van der Waals surface area (Å²) in [5.74, 6) is 0.960. The van der Waals surface area contributed by atoms with Gasteiger partial charge in [0, 0.05) is 43.7 Å². The van der Waals surface area contributed by atoms with Gasteiger partial charge in [0.2, 0.25) is 5.91 Å². The highest BCUT2D eigenvalue weighted by molar-refractivity contribution is 14.0. The number of carbonyl (C=O) groups is 1. The van der Waals surface area contributed by atoms with Gasteiger partial charge in [-0.2, -0.15) is 0 Å². The molecule has 1 heterocycles. The Labute approximate surface area is 194 Å². The van der Waals surface area contributed by atoms with E-state index in [0.717, 1.165) is 55.9 Å². The molecule has 0 aromatic heterocycles. The van der Waals surface area contributed by atoms with Crippen molar-refractivity contribution in [2.45, 2.75) is 45.7 Å². The summed E-state index contributed by atoms with van der Waals surface area (Å²) in [5.41, 5.74) is 2.51. The van der Waals surface area contributed by atoms with E-state index in [2.05, 4.69) is 73.8 Å². The average Bonchev–Trinajstić information content (AvgIpc) is 2.66. The molecule has 0 unspecified atom stereocenters. The van der Waals surface area contributed by atoms with Crippen LogP contribution in [-0.4, -0.2) is 56.0 Å². The lowest BCUT2D eigenvalue weighted by Gasteiger charge is -2.32. The van der Waals surface area contributed by atoms with Gasteiger partial charge in [-0.05, 0) is 49.4 Å². The molecule has 0 spiro atoms. The van der Waals surface area contributed by atoms with E-state index < -0.39 is 0 Å². The van der Waals surface area contributed by atoms with Crippen molar-refractivity contribution in [1.82, 2.24) is 20.9 Å². The van der Waals surface area contributed by atoms with Gasteiger partial charge in [0.15, 0.2) is 5.96 Å². The van der Waals surface area contributed by atoms with Crippen molar-refractivity contribution in [1.29, 1.82) is 0 Å². The summed E-state index contributed by atoms with van der Waals surface area (Å²) in [6.07, 6.45) is 3.00. The van der Waals surface area contributed by atoms with Crippen molar-refractivity contribution in [2.75, 3.05) is 33.2 Å². The number of amides is 1. The Morgan fingerprint density at radius 3 is 2.61 bits per heavy atom. The normalized spacial score (nSPS) is 15.6. The number of piperidine rings is 1. The van der Waals surface area contributed by atoms with Crippen LogP contribution in [0.5, 0.6) is 0 Å². The molecule has 1 saturated heterocycles. The highest BCUT2D eigenvalue weighted by Gasteiger charge is 2.21. The molecule has 1 amide bonds. The SMILES string of the molecule is CCCNC(=O)CN1CCC(NC(=NC)NCc2ccc(Br)cc2C)CC1.I. The molecule has 3 N–H and O–H groups in total. The Morgan fingerprint density at radius 1 is 1.29 bits per heavy atom. The summed E-state index contributed by atoms with van der Waals surface area (Å²) in [6, 6.07) is 6.70. The van der Waals surface area contributed by atoms with Gasteiger partial charge < -0.3 is 16.0 Å². The van der Waals surface area contributed by atoms with Gasteiger partial charge in [-0.3, -0.25) is 14.7 Å². The van der Waals surface area contributed by atoms with Crippen LogP contribution in [0, 0.1) is 6.92 Å². The van der Waals surface area contributed by atoms with Crippen LogP contribution in [0.1, 0.15) is 37.3 Å². The molecule has 1 fully saturated rings. The van der Waals surface area contributed by atoms with Crippen LogP contribution in [-0.2, 0) is 11.3 Å². The number of nitrogens with zero attached hydrogens (tertiary/aromatic N) is 2. The number of guanidine groups is 1. The molecule has 1 aromatic rings.